The van der Waals surface area contributed by atoms with Gasteiger partial charge in [-0.1, -0.05) is 36.4 Å². The van der Waals surface area contributed by atoms with Crippen molar-refractivity contribution in [2.75, 3.05) is 16.8 Å². The van der Waals surface area contributed by atoms with Crippen LogP contribution in [-0.4, -0.2) is 44.3 Å². The molecule has 43 heavy (non-hydrogen) atoms. The number of benzene rings is 3. The molecule has 1 aliphatic rings. The predicted octanol–water partition coefficient (Wildman–Crippen LogP) is 5.15. The van der Waals surface area contributed by atoms with Crippen LogP contribution in [0.5, 0.6) is 0 Å². The maximum absolute atomic E-state index is 13.7. The molecule has 0 aliphatic carbocycles. The van der Waals surface area contributed by atoms with E-state index in [1.165, 1.54) is 28.9 Å². The van der Waals surface area contributed by atoms with Crippen molar-refractivity contribution in [3.63, 3.8) is 0 Å². The van der Waals surface area contributed by atoms with Gasteiger partial charge in [-0.15, -0.1) is 5.10 Å². The maximum Gasteiger partial charge on any atom is 0.338 e. The van der Waals surface area contributed by atoms with Gasteiger partial charge >= 0.3 is 11.9 Å². The van der Waals surface area contributed by atoms with Crippen LogP contribution in [0.25, 0.3) is 0 Å². The Bertz CT molecular complexity index is 1810. The van der Waals surface area contributed by atoms with Crippen molar-refractivity contribution in [1.82, 2.24) is 14.8 Å². The maximum atomic E-state index is 13.7. The standard InChI is InChI=1S/C31H25FN6O5/c1-3-43-29(42)25-18(2)37(22-8-6-7-20(15-22)16-32)31-35-30(34-27(39)23-9-4-5-10-24(23)28(40)41)36-38(31)26(25)21-13-11-19(17-33)12-14-21/h4-15,26H,3,16H2,1-2H3,(H,40,41)(H,34,36,39). The van der Waals surface area contributed by atoms with E-state index in [2.05, 4.69) is 21.5 Å². The van der Waals surface area contributed by atoms with Gasteiger partial charge in [-0.2, -0.15) is 10.2 Å². The Hall–Kier alpha value is -5.83. The molecule has 0 saturated heterocycles. The third-order valence-electron chi connectivity index (χ3n) is 6.86. The number of fused-ring (bicyclic) bond motifs is 1. The number of anilines is 3. The number of amides is 1. The normalized spacial score (nSPS) is 14.1. The molecule has 216 valence electrons. The highest BCUT2D eigenvalue weighted by molar-refractivity contribution is 6.10. The zero-order valence-corrected chi connectivity index (χ0v) is 23.1. The van der Waals surface area contributed by atoms with Crippen LogP contribution in [0, 0.1) is 11.3 Å². The summed E-state index contributed by atoms with van der Waals surface area (Å²) < 4.78 is 20.5. The van der Waals surface area contributed by atoms with Crippen molar-refractivity contribution in [3.05, 3.63) is 112 Å². The number of rotatable bonds is 8. The first kappa shape index (κ1) is 28.7. The number of carboxylic acids is 1. The summed E-state index contributed by atoms with van der Waals surface area (Å²) in [5.41, 5.74) is 2.20. The quantitative estimate of drug-likeness (QED) is 0.270. The van der Waals surface area contributed by atoms with Crippen LogP contribution in [0.4, 0.5) is 22.0 Å². The van der Waals surface area contributed by atoms with Gasteiger partial charge in [0.15, 0.2) is 0 Å². The molecule has 0 bridgehead atoms. The lowest BCUT2D eigenvalue weighted by Crippen LogP contribution is -2.34. The van der Waals surface area contributed by atoms with Crippen LogP contribution in [0.3, 0.4) is 0 Å². The van der Waals surface area contributed by atoms with Crippen molar-refractivity contribution in [1.29, 1.82) is 5.26 Å². The van der Waals surface area contributed by atoms with Gasteiger partial charge < -0.3 is 9.84 Å². The van der Waals surface area contributed by atoms with E-state index in [0.717, 1.165) is 0 Å². The third-order valence-corrected chi connectivity index (χ3v) is 6.86. The van der Waals surface area contributed by atoms with Gasteiger partial charge in [0, 0.05) is 11.4 Å². The Morgan fingerprint density at radius 1 is 1.07 bits per heavy atom. The molecule has 2 heterocycles. The van der Waals surface area contributed by atoms with Crippen LogP contribution < -0.4 is 10.2 Å². The average Bonchev–Trinajstić information content (AvgIpc) is 3.43. The number of nitrogens with one attached hydrogen (secondary N) is 1. The monoisotopic (exact) mass is 580 g/mol. The molecule has 11 nitrogen and oxygen atoms in total. The highest BCUT2D eigenvalue weighted by Crippen LogP contribution is 2.43. The first-order chi connectivity index (χ1) is 20.8. The molecule has 1 unspecified atom stereocenters. The molecule has 1 aliphatic heterocycles. The van der Waals surface area contributed by atoms with Gasteiger partial charge in [0.25, 0.3) is 11.9 Å². The fourth-order valence-corrected chi connectivity index (χ4v) is 4.92. The molecule has 1 amide bonds. The summed E-state index contributed by atoms with van der Waals surface area (Å²) in [5.74, 6) is -2.62. The molecular formula is C31H25FN6O5. The third kappa shape index (κ3) is 5.43. The SMILES string of the molecule is CCOC(=O)C1=C(C)N(c2cccc(CF)c2)c2nc(NC(=O)c3ccccc3C(=O)O)nn2C1c1ccc(C#N)cc1. The van der Waals surface area contributed by atoms with E-state index < -0.39 is 30.6 Å². The molecule has 1 aromatic heterocycles. The van der Waals surface area contributed by atoms with E-state index in [1.807, 2.05) is 0 Å². The second-order valence-electron chi connectivity index (χ2n) is 9.48. The van der Waals surface area contributed by atoms with Gasteiger partial charge in [-0.25, -0.2) is 18.7 Å². The molecule has 1 atom stereocenters. The van der Waals surface area contributed by atoms with Crippen LogP contribution in [-0.2, 0) is 16.2 Å². The van der Waals surface area contributed by atoms with E-state index in [0.29, 0.717) is 28.1 Å². The number of hydrogen-bond acceptors (Lipinski definition) is 8. The minimum Gasteiger partial charge on any atom is -0.478 e. The van der Waals surface area contributed by atoms with E-state index in [1.54, 1.807) is 67.3 Å². The average molecular weight is 581 g/mol. The van der Waals surface area contributed by atoms with Gasteiger partial charge in [-0.05, 0) is 61.4 Å². The Morgan fingerprint density at radius 3 is 2.44 bits per heavy atom. The Morgan fingerprint density at radius 2 is 1.79 bits per heavy atom. The van der Waals surface area contributed by atoms with Crippen LogP contribution >= 0.6 is 0 Å². The van der Waals surface area contributed by atoms with E-state index in [4.69, 9.17) is 4.74 Å². The zero-order valence-electron chi connectivity index (χ0n) is 23.1. The van der Waals surface area contributed by atoms with Crippen LogP contribution in [0.15, 0.2) is 84.1 Å². The number of nitrogens with zero attached hydrogens (tertiary/aromatic N) is 5. The number of allylic oxidation sites excluding steroid dienone is 1. The van der Waals surface area contributed by atoms with Gasteiger partial charge in [-0.3, -0.25) is 15.0 Å². The van der Waals surface area contributed by atoms with Crippen molar-refractivity contribution in [3.8, 4) is 6.07 Å². The van der Waals surface area contributed by atoms with Gasteiger partial charge in [0.2, 0.25) is 5.95 Å². The summed E-state index contributed by atoms with van der Waals surface area (Å²) in [6, 6.07) is 20.1. The highest BCUT2D eigenvalue weighted by atomic mass is 19.1. The van der Waals surface area contributed by atoms with Crippen molar-refractivity contribution in [2.24, 2.45) is 0 Å². The number of aromatic carboxylic acids is 1. The van der Waals surface area contributed by atoms with Crippen molar-refractivity contribution < 1.29 is 28.6 Å². The number of alkyl halides is 1. The van der Waals surface area contributed by atoms with Crippen molar-refractivity contribution in [2.45, 2.75) is 26.6 Å². The number of aromatic nitrogens is 3. The number of carbonyl (C=O) groups is 3. The van der Waals surface area contributed by atoms with Gasteiger partial charge in [0.05, 0.1) is 34.9 Å². The molecular weight excluding hydrogens is 555 g/mol. The minimum atomic E-state index is -1.28. The summed E-state index contributed by atoms with van der Waals surface area (Å²) in [6.07, 6.45) is 0. The zero-order chi connectivity index (χ0) is 30.7. The number of ether oxygens (including phenoxy) is 1. The number of carbonyl (C=O) groups excluding carboxylic acids is 2. The predicted molar refractivity (Wildman–Crippen MR) is 153 cm³/mol. The van der Waals surface area contributed by atoms with Crippen LogP contribution in [0.1, 0.15) is 57.3 Å². The fraction of sp³-hybridized carbons (Fsp3) is 0.161. The molecule has 0 radical (unpaired) electrons. The molecule has 2 N–H and O–H groups in total. The van der Waals surface area contributed by atoms with Crippen molar-refractivity contribution >= 4 is 35.4 Å². The Kier molecular flexibility index (Phi) is 7.98. The number of carboxylic acid groups (broad SMARTS) is 1. The first-order valence-electron chi connectivity index (χ1n) is 13.2. The molecule has 0 fully saturated rings. The lowest BCUT2D eigenvalue weighted by molar-refractivity contribution is -0.139. The van der Waals surface area contributed by atoms with E-state index in [-0.39, 0.29) is 35.2 Å². The Labute approximate surface area is 245 Å². The Balaban J connectivity index is 1.70. The number of halogens is 1. The molecule has 5 rings (SSSR count). The topological polar surface area (TPSA) is 150 Å². The fourth-order valence-electron chi connectivity index (χ4n) is 4.92. The molecule has 0 saturated carbocycles. The minimum absolute atomic E-state index is 0.0968. The number of nitriles is 1. The summed E-state index contributed by atoms with van der Waals surface area (Å²) in [5, 5.41) is 26.0. The lowest BCUT2D eigenvalue weighted by Gasteiger charge is -2.35. The second kappa shape index (κ2) is 12.0. The number of hydrogen-bond donors (Lipinski definition) is 2. The highest BCUT2D eigenvalue weighted by Gasteiger charge is 2.39. The number of esters is 1. The summed E-state index contributed by atoms with van der Waals surface area (Å²) >= 11 is 0. The smallest absolute Gasteiger partial charge is 0.338 e. The second-order valence-corrected chi connectivity index (χ2v) is 9.48. The van der Waals surface area contributed by atoms with E-state index >= 15 is 0 Å². The first-order valence-corrected chi connectivity index (χ1v) is 13.2. The lowest BCUT2D eigenvalue weighted by atomic mass is 9.94. The molecule has 4 aromatic rings. The van der Waals surface area contributed by atoms with E-state index in [9.17, 15) is 29.1 Å². The largest absolute Gasteiger partial charge is 0.478 e. The molecule has 3 aromatic carbocycles. The molecule has 0 spiro atoms. The molecule has 12 heteroatoms. The summed E-state index contributed by atoms with van der Waals surface area (Å²) in [7, 11) is 0. The summed E-state index contributed by atoms with van der Waals surface area (Å²) in [4.78, 5) is 44.6. The van der Waals surface area contributed by atoms with Crippen LogP contribution in [0.2, 0.25) is 0 Å². The van der Waals surface area contributed by atoms with Gasteiger partial charge in [0.1, 0.15) is 12.7 Å². The summed E-state index contributed by atoms with van der Waals surface area (Å²) in [6.45, 7) is 2.76.